The molecule has 20 heavy (non-hydrogen) atoms. The predicted molar refractivity (Wildman–Crippen MR) is 75.9 cm³/mol. The van der Waals surface area contributed by atoms with Gasteiger partial charge in [-0.3, -0.25) is 9.48 Å². The van der Waals surface area contributed by atoms with Gasteiger partial charge in [-0.15, -0.1) is 0 Å². The maximum absolute atomic E-state index is 12.1. The van der Waals surface area contributed by atoms with Gasteiger partial charge in [-0.05, 0) is 19.9 Å². The van der Waals surface area contributed by atoms with E-state index < -0.39 is 0 Å². The Bertz CT molecular complexity index is 598. The third-order valence-corrected chi connectivity index (χ3v) is 3.34. The SMILES string of the molecule is Cc1cc(C)n(CC(C)C(=O)NCc2nccn2C)n1. The highest BCUT2D eigenvalue weighted by Gasteiger charge is 2.15. The van der Waals surface area contributed by atoms with Crippen LogP contribution in [-0.4, -0.2) is 25.2 Å². The molecule has 6 nitrogen and oxygen atoms in total. The van der Waals surface area contributed by atoms with Crippen molar-refractivity contribution < 1.29 is 4.79 Å². The van der Waals surface area contributed by atoms with E-state index >= 15 is 0 Å². The van der Waals surface area contributed by atoms with E-state index in [1.807, 2.05) is 49.3 Å². The Kier molecular flexibility index (Phi) is 4.22. The molecule has 1 unspecified atom stereocenters. The molecule has 6 heteroatoms. The molecule has 0 aromatic carbocycles. The fraction of sp³-hybridized carbons (Fsp3) is 0.500. The van der Waals surface area contributed by atoms with Crippen molar-refractivity contribution in [1.29, 1.82) is 0 Å². The lowest BCUT2D eigenvalue weighted by atomic mass is 10.1. The number of carbonyl (C=O) groups is 1. The normalized spacial score (nSPS) is 12.4. The van der Waals surface area contributed by atoms with E-state index in [-0.39, 0.29) is 11.8 Å². The van der Waals surface area contributed by atoms with E-state index in [4.69, 9.17) is 0 Å². The van der Waals surface area contributed by atoms with Gasteiger partial charge < -0.3 is 9.88 Å². The summed E-state index contributed by atoms with van der Waals surface area (Å²) in [6.07, 6.45) is 3.58. The predicted octanol–water partition coefficient (Wildman–Crippen LogP) is 1.19. The van der Waals surface area contributed by atoms with Gasteiger partial charge in [-0.2, -0.15) is 5.10 Å². The molecule has 0 radical (unpaired) electrons. The lowest BCUT2D eigenvalue weighted by Crippen LogP contribution is -2.32. The number of hydrogen-bond acceptors (Lipinski definition) is 3. The number of aromatic nitrogens is 4. The number of carbonyl (C=O) groups excluding carboxylic acids is 1. The summed E-state index contributed by atoms with van der Waals surface area (Å²) in [5.41, 5.74) is 2.05. The Labute approximate surface area is 118 Å². The van der Waals surface area contributed by atoms with Gasteiger partial charge in [0.25, 0.3) is 0 Å². The minimum atomic E-state index is -0.131. The largest absolute Gasteiger partial charge is 0.349 e. The van der Waals surface area contributed by atoms with Crippen molar-refractivity contribution in [2.24, 2.45) is 13.0 Å². The lowest BCUT2D eigenvalue weighted by molar-refractivity contribution is -0.125. The average molecular weight is 275 g/mol. The third kappa shape index (κ3) is 3.26. The molecule has 1 amide bonds. The van der Waals surface area contributed by atoms with Crippen LogP contribution < -0.4 is 5.32 Å². The molecule has 1 N–H and O–H groups in total. The van der Waals surface area contributed by atoms with Crippen LogP contribution in [-0.2, 0) is 24.9 Å². The van der Waals surface area contributed by atoms with Crippen LogP contribution in [0.3, 0.4) is 0 Å². The summed E-state index contributed by atoms with van der Waals surface area (Å²) in [6.45, 7) is 6.90. The number of nitrogens with zero attached hydrogens (tertiary/aromatic N) is 4. The third-order valence-electron chi connectivity index (χ3n) is 3.34. The van der Waals surface area contributed by atoms with Crippen LogP contribution in [0.15, 0.2) is 18.5 Å². The molecule has 1 atom stereocenters. The average Bonchev–Trinajstić information content (AvgIpc) is 2.93. The first-order valence-corrected chi connectivity index (χ1v) is 6.72. The Morgan fingerprint density at radius 3 is 2.75 bits per heavy atom. The van der Waals surface area contributed by atoms with E-state index in [1.165, 1.54) is 0 Å². The van der Waals surface area contributed by atoms with Crippen LogP contribution in [0.1, 0.15) is 24.1 Å². The minimum absolute atomic E-state index is 0.0144. The summed E-state index contributed by atoms with van der Waals surface area (Å²) >= 11 is 0. The van der Waals surface area contributed by atoms with Gasteiger partial charge in [0.1, 0.15) is 5.82 Å². The summed E-state index contributed by atoms with van der Waals surface area (Å²) in [5, 5.41) is 7.29. The summed E-state index contributed by atoms with van der Waals surface area (Å²) in [7, 11) is 1.91. The molecule has 2 aromatic rings. The number of amides is 1. The molecule has 0 spiro atoms. The van der Waals surface area contributed by atoms with Crippen molar-refractivity contribution in [1.82, 2.24) is 24.6 Å². The van der Waals surface area contributed by atoms with E-state index in [1.54, 1.807) is 6.20 Å². The van der Waals surface area contributed by atoms with Gasteiger partial charge in [0.05, 0.1) is 24.7 Å². The van der Waals surface area contributed by atoms with Crippen molar-refractivity contribution in [3.8, 4) is 0 Å². The van der Waals surface area contributed by atoms with E-state index in [2.05, 4.69) is 15.4 Å². The smallest absolute Gasteiger partial charge is 0.225 e. The summed E-state index contributed by atoms with van der Waals surface area (Å²) < 4.78 is 3.77. The fourth-order valence-electron chi connectivity index (χ4n) is 2.11. The standard InChI is InChI=1S/C14H21N5O/c1-10(9-19-12(3)7-11(2)17-19)14(20)16-8-13-15-5-6-18(13)4/h5-7,10H,8-9H2,1-4H3,(H,16,20). The van der Waals surface area contributed by atoms with Crippen LogP contribution in [0.2, 0.25) is 0 Å². The number of imidazole rings is 1. The Morgan fingerprint density at radius 1 is 1.45 bits per heavy atom. The zero-order valence-corrected chi connectivity index (χ0v) is 12.4. The minimum Gasteiger partial charge on any atom is -0.349 e. The van der Waals surface area contributed by atoms with Crippen LogP contribution >= 0.6 is 0 Å². The molecule has 0 saturated heterocycles. The van der Waals surface area contributed by atoms with Crippen molar-refractivity contribution in [3.63, 3.8) is 0 Å². The van der Waals surface area contributed by atoms with Crippen molar-refractivity contribution in [3.05, 3.63) is 35.7 Å². The molecule has 2 heterocycles. The maximum Gasteiger partial charge on any atom is 0.225 e. The molecule has 0 saturated carbocycles. The molecule has 0 aliphatic heterocycles. The molecule has 0 bridgehead atoms. The van der Waals surface area contributed by atoms with Crippen molar-refractivity contribution >= 4 is 5.91 Å². The first-order valence-electron chi connectivity index (χ1n) is 6.72. The second kappa shape index (κ2) is 5.90. The second-order valence-electron chi connectivity index (χ2n) is 5.18. The Morgan fingerprint density at radius 2 is 2.20 bits per heavy atom. The molecule has 108 valence electrons. The van der Waals surface area contributed by atoms with E-state index in [0.717, 1.165) is 17.2 Å². The molecule has 2 rings (SSSR count). The van der Waals surface area contributed by atoms with Crippen molar-refractivity contribution in [2.45, 2.75) is 33.9 Å². The maximum atomic E-state index is 12.1. The van der Waals surface area contributed by atoms with Crippen molar-refractivity contribution in [2.75, 3.05) is 0 Å². The molecular formula is C14H21N5O. The monoisotopic (exact) mass is 275 g/mol. The van der Waals surface area contributed by atoms with Crippen LogP contribution in [0.5, 0.6) is 0 Å². The fourth-order valence-corrected chi connectivity index (χ4v) is 2.11. The first-order chi connectivity index (χ1) is 9.47. The highest BCUT2D eigenvalue weighted by atomic mass is 16.1. The van der Waals surface area contributed by atoms with Gasteiger partial charge in [-0.1, -0.05) is 6.92 Å². The van der Waals surface area contributed by atoms with Crippen LogP contribution in [0.25, 0.3) is 0 Å². The number of nitrogens with one attached hydrogen (secondary N) is 1. The highest BCUT2D eigenvalue weighted by Crippen LogP contribution is 2.07. The molecule has 0 aliphatic rings. The van der Waals surface area contributed by atoms with Gasteiger partial charge in [-0.25, -0.2) is 4.98 Å². The van der Waals surface area contributed by atoms with Crippen LogP contribution in [0, 0.1) is 19.8 Å². The van der Waals surface area contributed by atoms with E-state index in [9.17, 15) is 4.79 Å². The topological polar surface area (TPSA) is 64.7 Å². The van der Waals surface area contributed by atoms with Gasteiger partial charge in [0.15, 0.2) is 0 Å². The number of aryl methyl sites for hydroxylation is 3. The van der Waals surface area contributed by atoms with Gasteiger partial charge in [0, 0.05) is 25.1 Å². The van der Waals surface area contributed by atoms with Gasteiger partial charge in [0.2, 0.25) is 5.91 Å². The first kappa shape index (κ1) is 14.3. The summed E-state index contributed by atoms with van der Waals surface area (Å²) in [4.78, 5) is 16.3. The zero-order valence-electron chi connectivity index (χ0n) is 12.4. The second-order valence-corrected chi connectivity index (χ2v) is 5.18. The highest BCUT2D eigenvalue weighted by molar-refractivity contribution is 5.78. The molecule has 2 aromatic heterocycles. The van der Waals surface area contributed by atoms with Gasteiger partial charge >= 0.3 is 0 Å². The molecule has 0 aliphatic carbocycles. The molecular weight excluding hydrogens is 254 g/mol. The Balaban J connectivity index is 1.89. The van der Waals surface area contributed by atoms with Crippen LogP contribution in [0.4, 0.5) is 0 Å². The summed E-state index contributed by atoms with van der Waals surface area (Å²) in [5.74, 6) is 0.727. The number of rotatable bonds is 5. The quantitative estimate of drug-likeness (QED) is 0.891. The summed E-state index contributed by atoms with van der Waals surface area (Å²) in [6, 6.07) is 2.01. The lowest BCUT2D eigenvalue weighted by Gasteiger charge is -2.13. The number of hydrogen-bond donors (Lipinski definition) is 1. The van der Waals surface area contributed by atoms with E-state index in [0.29, 0.717) is 13.1 Å². The zero-order chi connectivity index (χ0) is 14.7. The Hall–Kier alpha value is -2.11. The molecule has 0 fully saturated rings.